The summed E-state index contributed by atoms with van der Waals surface area (Å²) < 4.78 is 5.14. The summed E-state index contributed by atoms with van der Waals surface area (Å²) >= 11 is 0. The molecule has 0 radical (unpaired) electrons. The van der Waals surface area contributed by atoms with Crippen molar-refractivity contribution in [3.8, 4) is 0 Å². The quantitative estimate of drug-likeness (QED) is 0.871. The first kappa shape index (κ1) is 12.1. The molecule has 0 saturated carbocycles. The Balaban J connectivity index is 2.16. The van der Waals surface area contributed by atoms with Crippen molar-refractivity contribution < 1.29 is 14.4 Å². The molecule has 0 aromatic carbocycles. The molecule has 0 bridgehead atoms. The van der Waals surface area contributed by atoms with Crippen molar-refractivity contribution in [3.63, 3.8) is 0 Å². The van der Waals surface area contributed by atoms with E-state index in [9.17, 15) is 4.79 Å². The largest absolute Gasteiger partial charge is 0.478 e. The van der Waals surface area contributed by atoms with Crippen molar-refractivity contribution >= 4 is 5.97 Å². The lowest BCUT2D eigenvalue weighted by molar-refractivity contribution is 0.0691. The van der Waals surface area contributed by atoms with Gasteiger partial charge in [0.15, 0.2) is 5.76 Å². The number of piperidine rings is 1. The zero-order chi connectivity index (χ0) is 12.4. The van der Waals surface area contributed by atoms with Gasteiger partial charge in [-0.15, -0.1) is 0 Å². The lowest BCUT2D eigenvalue weighted by Crippen LogP contribution is -2.39. The Labute approximate surface area is 100 Å². The molecule has 1 aromatic heterocycles. The SMILES string of the molecule is CC(C)N1CCCC(c2oncc2C(=O)O)C1. The maximum absolute atomic E-state index is 11.0. The molecule has 5 heteroatoms. The average Bonchev–Trinajstić information content (AvgIpc) is 2.78. The Morgan fingerprint density at radius 2 is 2.41 bits per heavy atom. The van der Waals surface area contributed by atoms with E-state index in [0.29, 0.717) is 11.8 Å². The number of aromatic carboxylic acids is 1. The van der Waals surface area contributed by atoms with Crippen molar-refractivity contribution in [2.45, 2.75) is 38.6 Å². The predicted octanol–water partition coefficient (Wildman–Crippen LogP) is 1.96. The molecule has 1 aliphatic rings. The van der Waals surface area contributed by atoms with E-state index in [1.54, 1.807) is 0 Å². The number of nitrogens with zero attached hydrogens (tertiary/aromatic N) is 2. The van der Waals surface area contributed by atoms with Gasteiger partial charge in [-0.2, -0.15) is 0 Å². The minimum Gasteiger partial charge on any atom is -0.478 e. The molecule has 2 heterocycles. The van der Waals surface area contributed by atoms with Crippen LogP contribution < -0.4 is 0 Å². The second-order valence-electron chi connectivity index (χ2n) is 4.84. The fraction of sp³-hybridized carbons (Fsp3) is 0.667. The van der Waals surface area contributed by atoms with Gasteiger partial charge < -0.3 is 14.5 Å². The lowest BCUT2D eigenvalue weighted by Gasteiger charge is -2.34. The Morgan fingerprint density at radius 1 is 1.65 bits per heavy atom. The highest BCUT2D eigenvalue weighted by atomic mass is 16.5. The van der Waals surface area contributed by atoms with Gasteiger partial charge in [0.05, 0.1) is 6.20 Å². The van der Waals surface area contributed by atoms with E-state index in [1.165, 1.54) is 6.20 Å². The third-order valence-corrected chi connectivity index (χ3v) is 3.38. The number of carboxylic acids is 1. The molecule has 5 nitrogen and oxygen atoms in total. The van der Waals surface area contributed by atoms with Gasteiger partial charge in [0.1, 0.15) is 5.56 Å². The van der Waals surface area contributed by atoms with E-state index >= 15 is 0 Å². The van der Waals surface area contributed by atoms with Crippen molar-refractivity contribution in [3.05, 3.63) is 17.5 Å². The van der Waals surface area contributed by atoms with Crippen LogP contribution in [0.25, 0.3) is 0 Å². The first-order chi connectivity index (χ1) is 8.09. The van der Waals surface area contributed by atoms with Gasteiger partial charge in [-0.1, -0.05) is 5.16 Å². The van der Waals surface area contributed by atoms with Crippen LogP contribution in [0.2, 0.25) is 0 Å². The van der Waals surface area contributed by atoms with Crippen LogP contribution in [-0.4, -0.2) is 40.3 Å². The summed E-state index contributed by atoms with van der Waals surface area (Å²) in [5, 5.41) is 12.7. The number of rotatable bonds is 3. The highest BCUT2D eigenvalue weighted by Gasteiger charge is 2.29. The predicted molar refractivity (Wildman–Crippen MR) is 62.1 cm³/mol. The standard InChI is InChI=1S/C12H18N2O3/c1-8(2)14-5-3-4-9(7-14)11-10(12(15)16)6-13-17-11/h6,8-9H,3-5,7H2,1-2H3,(H,15,16). The second kappa shape index (κ2) is 4.87. The zero-order valence-corrected chi connectivity index (χ0v) is 10.2. The normalized spacial score (nSPS) is 21.9. The third-order valence-electron chi connectivity index (χ3n) is 3.38. The fourth-order valence-electron chi connectivity index (χ4n) is 2.39. The molecular weight excluding hydrogens is 220 g/mol. The molecule has 1 aromatic rings. The number of carboxylic acid groups (broad SMARTS) is 1. The van der Waals surface area contributed by atoms with Crippen molar-refractivity contribution in [1.82, 2.24) is 10.1 Å². The van der Waals surface area contributed by atoms with Gasteiger partial charge in [0.2, 0.25) is 0 Å². The van der Waals surface area contributed by atoms with Gasteiger partial charge in [0, 0.05) is 18.5 Å². The van der Waals surface area contributed by atoms with E-state index in [1.807, 2.05) is 0 Å². The van der Waals surface area contributed by atoms with E-state index in [-0.39, 0.29) is 11.5 Å². The average molecular weight is 238 g/mol. The number of carbonyl (C=O) groups is 1. The van der Waals surface area contributed by atoms with E-state index < -0.39 is 5.97 Å². The van der Waals surface area contributed by atoms with E-state index in [0.717, 1.165) is 25.9 Å². The number of hydrogen-bond acceptors (Lipinski definition) is 4. The summed E-state index contributed by atoms with van der Waals surface area (Å²) in [4.78, 5) is 13.4. The summed E-state index contributed by atoms with van der Waals surface area (Å²) in [6.45, 7) is 6.24. The van der Waals surface area contributed by atoms with Gasteiger partial charge >= 0.3 is 5.97 Å². The second-order valence-corrected chi connectivity index (χ2v) is 4.84. The van der Waals surface area contributed by atoms with E-state index in [4.69, 9.17) is 9.63 Å². The molecule has 0 spiro atoms. The Bertz CT molecular complexity index is 400. The van der Waals surface area contributed by atoms with Crippen LogP contribution in [0.15, 0.2) is 10.7 Å². The third kappa shape index (κ3) is 2.49. The Morgan fingerprint density at radius 3 is 3.06 bits per heavy atom. The van der Waals surface area contributed by atoms with Crippen molar-refractivity contribution in [1.29, 1.82) is 0 Å². The first-order valence-electron chi connectivity index (χ1n) is 6.01. The van der Waals surface area contributed by atoms with Gasteiger partial charge in [-0.05, 0) is 33.2 Å². The van der Waals surface area contributed by atoms with Crippen molar-refractivity contribution in [2.75, 3.05) is 13.1 Å². The summed E-state index contributed by atoms with van der Waals surface area (Å²) in [5.74, 6) is -0.273. The molecule has 0 amide bonds. The monoisotopic (exact) mass is 238 g/mol. The molecule has 1 fully saturated rings. The highest BCUT2D eigenvalue weighted by Crippen LogP contribution is 2.30. The summed E-state index contributed by atoms with van der Waals surface area (Å²) in [5.41, 5.74) is 0.209. The van der Waals surface area contributed by atoms with Crippen LogP contribution in [0, 0.1) is 0 Å². The van der Waals surface area contributed by atoms with Crippen molar-refractivity contribution in [2.24, 2.45) is 0 Å². The van der Waals surface area contributed by atoms with Crippen LogP contribution in [-0.2, 0) is 0 Å². The van der Waals surface area contributed by atoms with E-state index in [2.05, 4.69) is 23.9 Å². The summed E-state index contributed by atoms with van der Waals surface area (Å²) in [7, 11) is 0. The minimum atomic E-state index is -0.956. The molecule has 94 valence electrons. The number of hydrogen-bond donors (Lipinski definition) is 1. The van der Waals surface area contributed by atoms with Crippen LogP contribution >= 0.6 is 0 Å². The maximum atomic E-state index is 11.0. The Kier molecular flexibility index (Phi) is 3.47. The smallest absolute Gasteiger partial charge is 0.340 e. The molecule has 0 aliphatic carbocycles. The molecule has 1 N–H and O–H groups in total. The minimum absolute atomic E-state index is 0.153. The zero-order valence-electron chi connectivity index (χ0n) is 10.2. The molecule has 1 unspecified atom stereocenters. The fourth-order valence-corrected chi connectivity index (χ4v) is 2.39. The number of likely N-dealkylation sites (tertiary alicyclic amines) is 1. The summed E-state index contributed by atoms with van der Waals surface area (Å²) in [6, 6.07) is 0.481. The molecular formula is C12H18N2O3. The van der Waals surface area contributed by atoms with Crippen LogP contribution in [0.4, 0.5) is 0 Å². The Hall–Kier alpha value is -1.36. The van der Waals surface area contributed by atoms with Crippen LogP contribution in [0.5, 0.6) is 0 Å². The lowest BCUT2D eigenvalue weighted by atomic mass is 9.92. The first-order valence-corrected chi connectivity index (χ1v) is 6.01. The molecule has 1 aliphatic heterocycles. The molecule has 2 rings (SSSR count). The molecule has 17 heavy (non-hydrogen) atoms. The topological polar surface area (TPSA) is 66.6 Å². The summed E-state index contributed by atoms with van der Waals surface area (Å²) in [6.07, 6.45) is 3.34. The van der Waals surface area contributed by atoms with Gasteiger partial charge in [-0.25, -0.2) is 4.79 Å². The molecule has 1 saturated heterocycles. The molecule has 1 atom stereocenters. The van der Waals surface area contributed by atoms with Gasteiger partial charge in [0.25, 0.3) is 0 Å². The van der Waals surface area contributed by atoms with Crippen LogP contribution in [0.3, 0.4) is 0 Å². The van der Waals surface area contributed by atoms with Gasteiger partial charge in [-0.3, -0.25) is 0 Å². The highest BCUT2D eigenvalue weighted by molar-refractivity contribution is 5.88. The maximum Gasteiger partial charge on any atom is 0.340 e. The number of aromatic nitrogens is 1. The van der Waals surface area contributed by atoms with Crippen LogP contribution in [0.1, 0.15) is 48.7 Å².